The maximum atomic E-state index is 11.2. The molecule has 2 N–H and O–H groups in total. The SMILES string of the molecule is O=PCC(=O)NOC(=O)[C@@H]1CCCN1. The number of hydrogen-bond donors (Lipinski definition) is 2. The Labute approximate surface area is 82.5 Å². The minimum absolute atomic E-state index is 0.203. The maximum Gasteiger partial charge on any atom is 0.348 e. The van der Waals surface area contributed by atoms with E-state index in [2.05, 4.69) is 10.2 Å². The Morgan fingerprint density at radius 3 is 2.93 bits per heavy atom. The van der Waals surface area contributed by atoms with Gasteiger partial charge in [0.15, 0.2) is 8.46 Å². The first-order valence-corrected chi connectivity index (χ1v) is 5.26. The molecule has 1 atom stereocenters. The summed E-state index contributed by atoms with van der Waals surface area (Å²) in [5, 5.41) is 2.92. The van der Waals surface area contributed by atoms with Gasteiger partial charge in [-0.1, -0.05) is 0 Å². The molecule has 0 spiro atoms. The summed E-state index contributed by atoms with van der Waals surface area (Å²) in [7, 11) is -0.298. The number of carbonyl (C=O) groups excluding carboxylic acids is 2. The second-order valence-corrected chi connectivity index (χ2v) is 3.46. The molecular weight excluding hydrogens is 207 g/mol. The normalized spacial score (nSPS) is 20.7. The van der Waals surface area contributed by atoms with Crippen molar-refractivity contribution in [3.05, 3.63) is 0 Å². The first kappa shape index (κ1) is 11.1. The summed E-state index contributed by atoms with van der Waals surface area (Å²) in [5.41, 5.74) is 1.92. The molecule has 14 heavy (non-hydrogen) atoms. The maximum absolute atomic E-state index is 11.2. The van der Waals surface area contributed by atoms with Gasteiger partial charge < -0.3 is 10.2 Å². The third kappa shape index (κ3) is 3.40. The second kappa shape index (κ2) is 5.67. The van der Waals surface area contributed by atoms with E-state index < -0.39 is 11.9 Å². The van der Waals surface area contributed by atoms with Crippen molar-refractivity contribution < 1.29 is 19.0 Å². The van der Waals surface area contributed by atoms with Gasteiger partial charge in [-0.05, 0) is 19.4 Å². The highest BCUT2D eigenvalue weighted by atomic mass is 31.1. The van der Waals surface area contributed by atoms with Gasteiger partial charge in [-0.25, -0.2) is 4.79 Å². The fraction of sp³-hybridized carbons (Fsp3) is 0.714. The van der Waals surface area contributed by atoms with E-state index >= 15 is 0 Å². The van der Waals surface area contributed by atoms with E-state index in [1.165, 1.54) is 0 Å². The van der Waals surface area contributed by atoms with Gasteiger partial charge in [0, 0.05) is 0 Å². The summed E-state index contributed by atoms with van der Waals surface area (Å²) >= 11 is 0. The van der Waals surface area contributed by atoms with Gasteiger partial charge in [0.2, 0.25) is 0 Å². The van der Waals surface area contributed by atoms with Crippen LogP contribution >= 0.6 is 8.46 Å². The van der Waals surface area contributed by atoms with Gasteiger partial charge in [-0.3, -0.25) is 9.36 Å². The Morgan fingerprint density at radius 2 is 2.36 bits per heavy atom. The summed E-state index contributed by atoms with van der Waals surface area (Å²) in [4.78, 5) is 26.4. The van der Waals surface area contributed by atoms with Crippen molar-refractivity contribution in [2.45, 2.75) is 18.9 Å². The van der Waals surface area contributed by atoms with E-state index in [0.29, 0.717) is 6.42 Å². The molecule has 78 valence electrons. The Bertz CT molecular complexity index is 240. The molecule has 0 aromatic rings. The number of amides is 1. The molecule has 1 saturated heterocycles. The van der Waals surface area contributed by atoms with E-state index in [4.69, 9.17) is 0 Å². The second-order valence-electron chi connectivity index (χ2n) is 2.88. The van der Waals surface area contributed by atoms with Crippen molar-refractivity contribution in [2.24, 2.45) is 0 Å². The molecule has 0 unspecified atom stereocenters. The first-order valence-electron chi connectivity index (χ1n) is 4.26. The van der Waals surface area contributed by atoms with Gasteiger partial charge in [-0.2, -0.15) is 5.48 Å². The van der Waals surface area contributed by atoms with Crippen molar-refractivity contribution in [3.8, 4) is 0 Å². The average Bonchev–Trinajstić information content (AvgIpc) is 2.67. The smallest absolute Gasteiger partial charge is 0.339 e. The zero-order chi connectivity index (χ0) is 10.4. The molecule has 1 aliphatic rings. The number of nitrogens with one attached hydrogen (secondary N) is 2. The highest BCUT2D eigenvalue weighted by Gasteiger charge is 2.24. The molecule has 1 rings (SSSR count). The van der Waals surface area contributed by atoms with Crippen molar-refractivity contribution in [1.82, 2.24) is 10.8 Å². The molecule has 0 radical (unpaired) electrons. The average molecular weight is 218 g/mol. The van der Waals surface area contributed by atoms with Crippen LogP contribution in [-0.2, 0) is 19.0 Å². The molecule has 1 amide bonds. The molecule has 1 fully saturated rings. The highest BCUT2D eigenvalue weighted by molar-refractivity contribution is 7.25. The third-order valence-corrected chi connectivity index (χ3v) is 2.23. The van der Waals surface area contributed by atoms with Crippen LogP contribution in [0.2, 0.25) is 0 Å². The van der Waals surface area contributed by atoms with Crippen LogP contribution in [0.5, 0.6) is 0 Å². The van der Waals surface area contributed by atoms with E-state index in [-0.39, 0.29) is 20.7 Å². The zero-order valence-electron chi connectivity index (χ0n) is 7.49. The van der Waals surface area contributed by atoms with Crippen LogP contribution in [0.1, 0.15) is 12.8 Å². The molecule has 0 aliphatic carbocycles. The number of hydrogen-bond acceptors (Lipinski definition) is 5. The van der Waals surface area contributed by atoms with Crippen LogP contribution in [0.25, 0.3) is 0 Å². The summed E-state index contributed by atoms with van der Waals surface area (Å²) in [6, 6.07) is -0.333. The number of hydroxylamine groups is 1. The molecule has 0 aromatic carbocycles. The fourth-order valence-electron chi connectivity index (χ4n) is 1.15. The van der Waals surface area contributed by atoms with Crippen molar-refractivity contribution in [2.75, 3.05) is 12.7 Å². The van der Waals surface area contributed by atoms with Gasteiger partial charge in [-0.15, -0.1) is 0 Å². The molecule has 1 heterocycles. The molecule has 0 bridgehead atoms. The van der Waals surface area contributed by atoms with Gasteiger partial charge in [0.1, 0.15) is 12.2 Å². The summed E-state index contributed by atoms with van der Waals surface area (Å²) in [5.74, 6) is -1.08. The molecule has 0 aromatic heterocycles. The minimum atomic E-state index is -0.576. The van der Waals surface area contributed by atoms with Gasteiger partial charge >= 0.3 is 5.97 Å². The molecule has 1 aliphatic heterocycles. The Balaban J connectivity index is 2.20. The van der Waals surface area contributed by atoms with Crippen LogP contribution in [-0.4, -0.2) is 30.6 Å². The van der Waals surface area contributed by atoms with Gasteiger partial charge in [0.05, 0.1) is 0 Å². The van der Waals surface area contributed by atoms with Crippen LogP contribution in [0.3, 0.4) is 0 Å². The first-order chi connectivity index (χ1) is 6.74. The third-order valence-electron chi connectivity index (χ3n) is 1.82. The summed E-state index contributed by atoms with van der Waals surface area (Å²) in [6.45, 7) is 0.785. The summed E-state index contributed by atoms with van der Waals surface area (Å²) < 4.78 is 10.00. The Morgan fingerprint density at radius 1 is 1.57 bits per heavy atom. The van der Waals surface area contributed by atoms with Gasteiger partial charge in [0.25, 0.3) is 5.91 Å². The minimum Gasteiger partial charge on any atom is -0.339 e. The van der Waals surface area contributed by atoms with E-state index in [0.717, 1.165) is 13.0 Å². The number of carbonyl (C=O) groups is 2. The van der Waals surface area contributed by atoms with Crippen LogP contribution in [0.4, 0.5) is 0 Å². The van der Waals surface area contributed by atoms with E-state index in [1.54, 1.807) is 0 Å². The van der Waals surface area contributed by atoms with Crippen molar-refractivity contribution in [3.63, 3.8) is 0 Å². The lowest BCUT2D eigenvalue weighted by atomic mass is 10.2. The molecule has 0 saturated carbocycles. The fourth-order valence-corrected chi connectivity index (χ4v) is 1.34. The lowest BCUT2D eigenvalue weighted by molar-refractivity contribution is -0.159. The van der Waals surface area contributed by atoms with Crippen molar-refractivity contribution >= 4 is 20.3 Å². The predicted octanol–water partition coefficient (Wildman–Crippen LogP) is -0.396. The summed E-state index contributed by atoms with van der Waals surface area (Å²) in [6.07, 6.45) is 1.44. The van der Waals surface area contributed by atoms with E-state index in [9.17, 15) is 14.2 Å². The largest absolute Gasteiger partial charge is 0.348 e. The lowest BCUT2D eigenvalue weighted by Gasteiger charge is -2.08. The zero-order valence-corrected chi connectivity index (χ0v) is 8.38. The topological polar surface area (TPSA) is 84.5 Å². The lowest BCUT2D eigenvalue weighted by Crippen LogP contribution is -2.38. The molecular formula is C7H11N2O4P. The molecule has 7 heteroatoms. The standard InChI is InChI=1S/C7H11N2O4P/c10-6(4-14-12)9-13-7(11)5-2-1-3-8-5/h5,8H,1-4H2,(H,9,10)/t5-/m0/s1. The predicted molar refractivity (Wildman–Crippen MR) is 47.7 cm³/mol. The highest BCUT2D eigenvalue weighted by Crippen LogP contribution is 2.05. The monoisotopic (exact) mass is 218 g/mol. The van der Waals surface area contributed by atoms with Crippen molar-refractivity contribution in [1.29, 1.82) is 0 Å². The Kier molecular flexibility index (Phi) is 4.49. The van der Waals surface area contributed by atoms with Crippen LogP contribution < -0.4 is 10.8 Å². The van der Waals surface area contributed by atoms with Crippen LogP contribution in [0, 0.1) is 0 Å². The molecule has 6 nitrogen and oxygen atoms in total. The number of rotatable bonds is 3. The quantitative estimate of drug-likeness (QED) is 0.497. The van der Waals surface area contributed by atoms with Crippen LogP contribution in [0.15, 0.2) is 0 Å². The van der Waals surface area contributed by atoms with E-state index in [1.807, 2.05) is 5.48 Å². The Hall–Kier alpha value is -1.00.